The van der Waals surface area contributed by atoms with Crippen LogP contribution in [0.3, 0.4) is 0 Å². The van der Waals surface area contributed by atoms with Gasteiger partial charge in [-0.05, 0) is 55.0 Å². The van der Waals surface area contributed by atoms with Crippen LogP contribution in [0.4, 0.5) is 11.8 Å². The maximum absolute atomic E-state index is 13.2. The van der Waals surface area contributed by atoms with Gasteiger partial charge < -0.3 is 15.2 Å². The summed E-state index contributed by atoms with van der Waals surface area (Å²) in [4.78, 5) is 41.5. The van der Waals surface area contributed by atoms with Gasteiger partial charge in [-0.25, -0.2) is 15.0 Å². The second-order valence-corrected chi connectivity index (χ2v) is 10.6. The molecule has 1 aromatic carbocycles. The maximum atomic E-state index is 13.2. The van der Waals surface area contributed by atoms with Crippen LogP contribution in [0.1, 0.15) is 35.0 Å². The number of anilines is 2. The number of fused-ring (bicyclic) bond motifs is 1. The molecule has 2 amide bonds. The highest BCUT2D eigenvalue weighted by atomic mass is 32.1. The number of carbonyl (C=O) groups excluding carboxylic acids is 2. The molecule has 182 valence electrons. The highest BCUT2D eigenvalue weighted by molar-refractivity contribution is 7.17. The molecule has 1 saturated carbocycles. The van der Waals surface area contributed by atoms with Gasteiger partial charge in [0.05, 0.1) is 26.5 Å². The van der Waals surface area contributed by atoms with Crippen LogP contribution in [0, 0.1) is 5.41 Å². The van der Waals surface area contributed by atoms with Crippen LogP contribution in [0.25, 0.3) is 21.6 Å². The molecule has 6 rings (SSSR count). The summed E-state index contributed by atoms with van der Waals surface area (Å²) in [6.45, 7) is 5.14. The maximum Gasteiger partial charge on any atom is 0.268 e. The number of hydrogen-bond donors (Lipinski definition) is 2. The van der Waals surface area contributed by atoms with Gasteiger partial charge in [-0.1, -0.05) is 18.7 Å². The van der Waals surface area contributed by atoms with Gasteiger partial charge in [0.15, 0.2) is 0 Å². The van der Waals surface area contributed by atoms with Gasteiger partial charge in [0.25, 0.3) is 5.91 Å². The number of nitrogens with zero attached hydrogens (tertiary/aromatic N) is 5. The average molecular weight is 500 g/mol. The molecule has 0 radical (unpaired) electrons. The Morgan fingerprint density at radius 3 is 2.83 bits per heavy atom. The van der Waals surface area contributed by atoms with Crippen molar-refractivity contribution in [1.82, 2.24) is 24.4 Å². The van der Waals surface area contributed by atoms with Crippen LogP contribution >= 0.6 is 11.3 Å². The number of hydrogen-bond acceptors (Lipinski definition) is 7. The fourth-order valence-corrected chi connectivity index (χ4v) is 6.35. The lowest BCUT2D eigenvalue weighted by molar-refractivity contribution is -0.125. The van der Waals surface area contributed by atoms with Crippen molar-refractivity contribution in [3.8, 4) is 10.6 Å². The number of nitrogens with two attached hydrogens (primary N) is 1. The molecule has 0 bridgehead atoms. The molecule has 1 aliphatic carbocycles. The summed E-state index contributed by atoms with van der Waals surface area (Å²) in [5, 5.41) is 3.04. The van der Waals surface area contributed by atoms with Gasteiger partial charge in [-0.3, -0.25) is 14.9 Å². The number of likely N-dealkylation sites (tertiary alicyclic amines) is 1. The van der Waals surface area contributed by atoms with Crippen molar-refractivity contribution < 1.29 is 9.59 Å². The van der Waals surface area contributed by atoms with Crippen LogP contribution in [0.5, 0.6) is 0 Å². The predicted molar refractivity (Wildman–Crippen MR) is 140 cm³/mol. The van der Waals surface area contributed by atoms with Gasteiger partial charge >= 0.3 is 0 Å². The first-order chi connectivity index (χ1) is 17.4. The topological polar surface area (TPSA) is 119 Å². The van der Waals surface area contributed by atoms with E-state index < -0.39 is 0 Å². The molecular weight excluding hydrogens is 474 g/mol. The molecule has 1 spiro atoms. The van der Waals surface area contributed by atoms with Crippen LogP contribution < -0.4 is 11.1 Å². The molecule has 0 unspecified atom stereocenters. The van der Waals surface area contributed by atoms with Crippen molar-refractivity contribution in [2.24, 2.45) is 5.41 Å². The zero-order valence-corrected chi connectivity index (χ0v) is 20.4. The number of carbonyl (C=O) groups is 2. The smallest absolute Gasteiger partial charge is 0.268 e. The van der Waals surface area contributed by atoms with E-state index >= 15 is 0 Å². The van der Waals surface area contributed by atoms with E-state index in [4.69, 9.17) is 10.7 Å². The SMILES string of the molecule is C=CC(=O)N1CCC2(CC(n3c(NC(=O)c4ccc(-c5cc(N)ncn5)s4)nc4ccccc43)C2)C1. The molecule has 3 aromatic heterocycles. The van der Waals surface area contributed by atoms with E-state index in [1.54, 1.807) is 12.1 Å². The first-order valence-electron chi connectivity index (χ1n) is 11.8. The normalized spacial score (nSPS) is 21.0. The Hall–Kier alpha value is -4.05. The third-order valence-corrected chi connectivity index (χ3v) is 8.33. The first kappa shape index (κ1) is 22.4. The number of aromatic nitrogens is 4. The quantitative estimate of drug-likeness (QED) is 0.399. The van der Waals surface area contributed by atoms with Crippen molar-refractivity contribution in [1.29, 1.82) is 0 Å². The Balaban J connectivity index is 1.24. The van der Waals surface area contributed by atoms with Gasteiger partial charge in [0.2, 0.25) is 11.9 Å². The molecule has 2 fully saturated rings. The third-order valence-electron chi connectivity index (χ3n) is 7.22. The first-order valence-corrected chi connectivity index (χ1v) is 12.6. The summed E-state index contributed by atoms with van der Waals surface area (Å²) in [6, 6.07) is 13.5. The fraction of sp³-hybridized carbons (Fsp3) is 0.269. The number of para-hydroxylation sites is 2. The van der Waals surface area contributed by atoms with Crippen molar-refractivity contribution in [3.05, 3.63) is 66.3 Å². The zero-order valence-electron chi connectivity index (χ0n) is 19.6. The number of thiophene rings is 1. The van der Waals surface area contributed by atoms with E-state index in [-0.39, 0.29) is 23.3 Å². The number of benzene rings is 1. The van der Waals surface area contributed by atoms with E-state index in [2.05, 4.69) is 26.4 Å². The van der Waals surface area contributed by atoms with E-state index in [0.29, 0.717) is 22.3 Å². The molecule has 0 atom stereocenters. The highest BCUT2D eigenvalue weighted by Gasteiger charge is 2.50. The van der Waals surface area contributed by atoms with E-state index in [0.717, 1.165) is 48.3 Å². The standard InChI is InChI=1S/C26H25N7O2S/c1-2-23(34)32-10-9-26(14-32)12-16(13-26)33-19-6-4-3-5-17(19)30-25(33)31-24(35)21-8-7-20(36-21)18-11-22(27)29-15-28-18/h2-8,11,15-16H,1,9-10,12-14H2,(H2,27,28,29)(H,30,31,35). The lowest BCUT2D eigenvalue weighted by Gasteiger charge is -2.46. The van der Waals surface area contributed by atoms with Crippen molar-refractivity contribution in [2.75, 3.05) is 24.1 Å². The van der Waals surface area contributed by atoms with Crippen LogP contribution in [0.2, 0.25) is 0 Å². The van der Waals surface area contributed by atoms with E-state index in [1.807, 2.05) is 35.2 Å². The summed E-state index contributed by atoms with van der Waals surface area (Å²) < 4.78 is 2.15. The van der Waals surface area contributed by atoms with Crippen molar-refractivity contribution >= 4 is 46.0 Å². The van der Waals surface area contributed by atoms with E-state index in [1.165, 1.54) is 23.7 Å². The summed E-state index contributed by atoms with van der Waals surface area (Å²) in [7, 11) is 0. The Morgan fingerprint density at radius 1 is 1.19 bits per heavy atom. The fourth-order valence-electron chi connectivity index (χ4n) is 5.48. The molecule has 1 aliphatic heterocycles. The Labute approximate surface area is 211 Å². The summed E-state index contributed by atoms with van der Waals surface area (Å²) in [5.41, 5.74) is 8.41. The minimum Gasteiger partial charge on any atom is -0.384 e. The van der Waals surface area contributed by atoms with Gasteiger partial charge in [-0.15, -0.1) is 11.3 Å². The number of amides is 2. The minimum absolute atomic E-state index is 0.00340. The molecule has 10 heteroatoms. The van der Waals surface area contributed by atoms with Gasteiger partial charge in [0.1, 0.15) is 12.1 Å². The lowest BCUT2D eigenvalue weighted by atomic mass is 9.65. The number of imidazole rings is 1. The van der Waals surface area contributed by atoms with E-state index in [9.17, 15) is 9.59 Å². The molecular formula is C26H25N7O2S. The number of rotatable bonds is 5. The Morgan fingerprint density at radius 2 is 2.03 bits per heavy atom. The van der Waals surface area contributed by atoms with Crippen molar-refractivity contribution in [2.45, 2.75) is 25.3 Å². The number of nitrogens with one attached hydrogen (secondary N) is 1. The molecule has 1 saturated heterocycles. The van der Waals surface area contributed by atoms with Crippen molar-refractivity contribution in [3.63, 3.8) is 0 Å². The summed E-state index contributed by atoms with van der Waals surface area (Å²) >= 11 is 1.34. The lowest BCUT2D eigenvalue weighted by Crippen LogP contribution is -2.42. The Kier molecular flexibility index (Phi) is 5.33. The molecule has 3 N–H and O–H groups in total. The Bertz CT molecular complexity index is 1500. The molecule has 9 nitrogen and oxygen atoms in total. The predicted octanol–water partition coefficient (Wildman–Crippen LogP) is 4.13. The van der Waals surface area contributed by atoms with Crippen LogP contribution in [-0.2, 0) is 4.79 Å². The second-order valence-electron chi connectivity index (χ2n) is 9.52. The molecule has 4 aromatic rings. The van der Waals surface area contributed by atoms with Gasteiger partial charge in [-0.2, -0.15) is 0 Å². The number of nitrogen functional groups attached to an aromatic ring is 1. The van der Waals surface area contributed by atoms with Crippen LogP contribution in [-0.4, -0.2) is 49.3 Å². The molecule has 36 heavy (non-hydrogen) atoms. The highest BCUT2D eigenvalue weighted by Crippen LogP contribution is 2.55. The monoisotopic (exact) mass is 499 g/mol. The summed E-state index contributed by atoms with van der Waals surface area (Å²) in [5.74, 6) is 0.698. The van der Waals surface area contributed by atoms with Gasteiger partial charge in [0, 0.05) is 25.2 Å². The summed E-state index contributed by atoms with van der Waals surface area (Å²) in [6.07, 6.45) is 5.67. The largest absolute Gasteiger partial charge is 0.384 e. The molecule has 4 heterocycles. The molecule has 2 aliphatic rings. The zero-order chi connectivity index (χ0) is 24.9. The second kappa shape index (κ2) is 8.56. The average Bonchev–Trinajstić information content (AvgIpc) is 3.59. The minimum atomic E-state index is -0.220. The third kappa shape index (κ3) is 3.83. The van der Waals surface area contributed by atoms with Crippen LogP contribution in [0.15, 0.2) is 61.4 Å².